The van der Waals surface area contributed by atoms with Crippen LogP contribution in [0.1, 0.15) is 27.3 Å². The van der Waals surface area contributed by atoms with E-state index in [9.17, 15) is 19.2 Å². The quantitative estimate of drug-likeness (QED) is 0.391. The van der Waals surface area contributed by atoms with Crippen molar-refractivity contribution in [3.8, 4) is 0 Å². The van der Waals surface area contributed by atoms with Gasteiger partial charge in [-0.2, -0.15) is 5.10 Å². The summed E-state index contributed by atoms with van der Waals surface area (Å²) in [5, 5.41) is 11.5. The summed E-state index contributed by atoms with van der Waals surface area (Å²) in [6.07, 6.45) is 1.21. The van der Waals surface area contributed by atoms with Gasteiger partial charge in [-0.3, -0.25) is 24.3 Å². The molecule has 0 aliphatic rings. The second kappa shape index (κ2) is 7.47. The van der Waals surface area contributed by atoms with Crippen LogP contribution in [-0.2, 0) is 4.79 Å². The highest BCUT2D eigenvalue weighted by Gasteiger charge is 2.17. The molecule has 3 amide bonds. The fraction of sp³-hybridized carbons (Fsp3) is 0.125. The normalized spacial score (nSPS) is 10.5. The number of rotatable bonds is 6. The highest BCUT2D eigenvalue weighted by Crippen LogP contribution is 2.14. The molecule has 0 unspecified atom stereocenters. The number of amides is 3. The molecular weight excluding hydrogens is 354 g/mol. The first-order valence-electron chi connectivity index (χ1n) is 7.85. The largest absolute Gasteiger partial charge is 0.370 e. The minimum atomic E-state index is -0.609. The molecule has 0 fully saturated rings. The molecule has 0 spiro atoms. The molecule has 2 aromatic heterocycles. The van der Waals surface area contributed by atoms with Crippen LogP contribution in [-0.4, -0.2) is 44.4 Å². The molecule has 3 aromatic rings. The number of hydrogen-bond donors (Lipinski definition) is 5. The number of carbonyl (C=O) groups excluding carboxylic acids is 3. The number of aromatic nitrogens is 4. The van der Waals surface area contributed by atoms with Crippen LogP contribution in [0.4, 0.5) is 5.69 Å². The van der Waals surface area contributed by atoms with Crippen molar-refractivity contribution in [2.45, 2.75) is 6.42 Å². The number of benzene rings is 1. The zero-order valence-corrected chi connectivity index (χ0v) is 13.9. The third kappa shape index (κ3) is 3.98. The molecule has 3 rings (SSSR count). The fourth-order valence-electron chi connectivity index (χ4n) is 2.36. The summed E-state index contributed by atoms with van der Waals surface area (Å²) in [4.78, 5) is 53.4. The van der Waals surface area contributed by atoms with Crippen LogP contribution in [0.3, 0.4) is 0 Å². The number of primary amides is 1. The lowest BCUT2D eigenvalue weighted by Crippen LogP contribution is -2.28. The number of nitrogens with one attached hydrogen (secondary N) is 4. The highest BCUT2D eigenvalue weighted by atomic mass is 16.2. The van der Waals surface area contributed by atoms with Crippen LogP contribution in [0, 0.1) is 0 Å². The topological polar surface area (TPSA) is 176 Å². The van der Waals surface area contributed by atoms with Gasteiger partial charge in [-0.25, -0.2) is 4.98 Å². The Morgan fingerprint density at radius 1 is 1.19 bits per heavy atom. The van der Waals surface area contributed by atoms with Gasteiger partial charge in [-0.15, -0.1) is 0 Å². The average molecular weight is 369 g/mol. The summed E-state index contributed by atoms with van der Waals surface area (Å²) in [6, 6.07) is 6.17. The molecular formula is C16H15N7O4. The van der Waals surface area contributed by atoms with E-state index in [1.54, 1.807) is 18.2 Å². The van der Waals surface area contributed by atoms with Crippen LogP contribution in [0.25, 0.3) is 11.0 Å². The van der Waals surface area contributed by atoms with E-state index < -0.39 is 23.3 Å². The van der Waals surface area contributed by atoms with Crippen LogP contribution < -0.4 is 21.9 Å². The summed E-state index contributed by atoms with van der Waals surface area (Å²) in [5.74, 6) is -1.55. The smallest absolute Gasteiger partial charge is 0.274 e. The maximum Gasteiger partial charge on any atom is 0.274 e. The van der Waals surface area contributed by atoms with E-state index in [1.807, 2.05) is 0 Å². The predicted octanol–water partition coefficient (Wildman–Crippen LogP) is -0.496. The lowest BCUT2D eigenvalue weighted by molar-refractivity contribution is -0.117. The van der Waals surface area contributed by atoms with Crippen LogP contribution in [0.2, 0.25) is 0 Å². The Morgan fingerprint density at radius 3 is 2.78 bits per heavy atom. The molecule has 2 heterocycles. The molecule has 0 radical (unpaired) electrons. The summed E-state index contributed by atoms with van der Waals surface area (Å²) < 4.78 is 0. The Morgan fingerprint density at radius 2 is 2.00 bits per heavy atom. The Hall–Kier alpha value is -4.02. The van der Waals surface area contributed by atoms with Gasteiger partial charge in [-0.05, 0) is 18.2 Å². The van der Waals surface area contributed by atoms with E-state index in [4.69, 9.17) is 5.73 Å². The second-order valence-corrected chi connectivity index (χ2v) is 5.54. The number of anilines is 1. The third-order valence-electron chi connectivity index (χ3n) is 3.62. The van der Waals surface area contributed by atoms with Crippen LogP contribution in [0.15, 0.2) is 35.4 Å². The van der Waals surface area contributed by atoms with Gasteiger partial charge >= 0.3 is 0 Å². The number of H-pyrrole nitrogens is 2. The van der Waals surface area contributed by atoms with Crippen molar-refractivity contribution in [3.05, 3.63) is 52.2 Å². The maximum absolute atomic E-state index is 12.5. The molecule has 1 aromatic carbocycles. The van der Waals surface area contributed by atoms with Gasteiger partial charge in [-0.1, -0.05) is 6.07 Å². The highest BCUT2D eigenvalue weighted by molar-refractivity contribution is 6.10. The van der Waals surface area contributed by atoms with Crippen LogP contribution >= 0.6 is 0 Å². The summed E-state index contributed by atoms with van der Waals surface area (Å²) in [7, 11) is 0. The molecule has 0 bridgehead atoms. The third-order valence-corrected chi connectivity index (χ3v) is 3.62. The Bertz CT molecular complexity index is 1090. The monoisotopic (exact) mass is 369 g/mol. The van der Waals surface area contributed by atoms with Crippen molar-refractivity contribution in [2.24, 2.45) is 5.73 Å². The summed E-state index contributed by atoms with van der Waals surface area (Å²) in [5.41, 5.74) is 5.21. The lowest BCUT2D eigenvalue weighted by Gasteiger charge is -2.07. The first-order chi connectivity index (χ1) is 13.0. The number of fused-ring (bicyclic) bond motifs is 1. The Balaban J connectivity index is 1.76. The summed E-state index contributed by atoms with van der Waals surface area (Å²) >= 11 is 0. The van der Waals surface area contributed by atoms with Crippen LogP contribution in [0.5, 0.6) is 0 Å². The SMILES string of the molecule is NC(=O)CCNC(=O)c1cccc(NC(=O)c2[nH]nc3nc[nH]c(=O)c23)c1. The van der Waals surface area contributed by atoms with Crippen molar-refractivity contribution >= 4 is 34.4 Å². The first kappa shape index (κ1) is 17.8. The molecule has 27 heavy (non-hydrogen) atoms. The van der Waals surface area contributed by atoms with E-state index in [0.717, 1.165) is 0 Å². The van der Waals surface area contributed by atoms with Gasteiger partial charge < -0.3 is 21.4 Å². The molecule has 11 nitrogen and oxygen atoms in total. The van der Waals surface area contributed by atoms with Gasteiger partial charge in [0.05, 0.1) is 6.33 Å². The minimum absolute atomic E-state index is 0.0254. The standard InChI is InChI=1S/C16H15N7O4/c17-10(24)4-5-18-14(25)8-2-1-3-9(6-8)21-16(27)12-11-13(23-22-12)19-7-20-15(11)26/h1-3,6-7H,4-5H2,(H2,17,24)(H,18,25)(H,21,27)(H2,19,20,22,23,26). The number of aromatic amines is 2. The number of nitrogens with two attached hydrogens (primary N) is 1. The van der Waals surface area contributed by atoms with Crippen molar-refractivity contribution in [1.29, 1.82) is 0 Å². The molecule has 0 aliphatic heterocycles. The van der Waals surface area contributed by atoms with Crippen molar-refractivity contribution < 1.29 is 14.4 Å². The molecule has 0 atom stereocenters. The van der Waals surface area contributed by atoms with E-state index in [2.05, 4.69) is 30.8 Å². The number of hydrogen-bond acceptors (Lipinski definition) is 6. The van der Waals surface area contributed by atoms with Crippen molar-refractivity contribution in [3.63, 3.8) is 0 Å². The lowest BCUT2D eigenvalue weighted by atomic mass is 10.1. The first-order valence-corrected chi connectivity index (χ1v) is 7.85. The molecule has 138 valence electrons. The van der Waals surface area contributed by atoms with E-state index in [-0.39, 0.29) is 35.3 Å². The molecule has 0 aliphatic carbocycles. The average Bonchev–Trinajstić information content (AvgIpc) is 3.07. The molecule has 6 N–H and O–H groups in total. The van der Waals surface area contributed by atoms with Gasteiger partial charge in [0.25, 0.3) is 17.4 Å². The van der Waals surface area contributed by atoms with Gasteiger partial charge in [0.2, 0.25) is 5.91 Å². The van der Waals surface area contributed by atoms with Crippen molar-refractivity contribution in [2.75, 3.05) is 11.9 Å². The molecule has 0 saturated carbocycles. The number of carbonyl (C=O) groups is 3. The van der Waals surface area contributed by atoms with Gasteiger partial charge in [0, 0.05) is 24.2 Å². The predicted molar refractivity (Wildman–Crippen MR) is 95.0 cm³/mol. The van der Waals surface area contributed by atoms with Gasteiger partial charge in [0.1, 0.15) is 11.1 Å². The zero-order valence-electron chi connectivity index (χ0n) is 13.9. The minimum Gasteiger partial charge on any atom is -0.370 e. The maximum atomic E-state index is 12.5. The van der Waals surface area contributed by atoms with E-state index in [0.29, 0.717) is 5.69 Å². The molecule has 0 saturated heterocycles. The number of nitrogens with zero attached hydrogens (tertiary/aromatic N) is 2. The Labute approximate surface area is 151 Å². The van der Waals surface area contributed by atoms with Gasteiger partial charge in [0.15, 0.2) is 5.65 Å². The van der Waals surface area contributed by atoms with E-state index >= 15 is 0 Å². The van der Waals surface area contributed by atoms with E-state index in [1.165, 1.54) is 12.4 Å². The Kier molecular flexibility index (Phi) is 4.92. The molecule has 11 heteroatoms. The van der Waals surface area contributed by atoms with Crippen molar-refractivity contribution in [1.82, 2.24) is 25.5 Å². The second-order valence-electron chi connectivity index (χ2n) is 5.54. The zero-order chi connectivity index (χ0) is 19.4. The fourth-order valence-corrected chi connectivity index (χ4v) is 2.36. The summed E-state index contributed by atoms with van der Waals surface area (Å²) in [6.45, 7) is 0.112.